The van der Waals surface area contributed by atoms with Crippen molar-refractivity contribution in [1.82, 2.24) is 15.2 Å². The number of nitrogens with one attached hydrogen (secondary N) is 2. The predicted octanol–water partition coefficient (Wildman–Crippen LogP) is 1.58. The molecule has 5 heteroatoms. The van der Waals surface area contributed by atoms with Crippen LogP contribution in [0.2, 0.25) is 0 Å². The summed E-state index contributed by atoms with van der Waals surface area (Å²) in [5.74, 6) is 0.250. The van der Waals surface area contributed by atoms with Crippen molar-refractivity contribution in [2.75, 3.05) is 13.1 Å². The van der Waals surface area contributed by atoms with Crippen LogP contribution >= 0.6 is 0 Å². The Morgan fingerprint density at radius 3 is 2.42 bits per heavy atom. The third-order valence-electron chi connectivity index (χ3n) is 3.39. The minimum Gasteiger partial charge on any atom is -0.391 e. The molecule has 19 heavy (non-hydrogen) atoms. The molecule has 1 unspecified atom stereocenters. The molecule has 1 aromatic rings. The van der Waals surface area contributed by atoms with E-state index in [0.29, 0.717) is 13.1 Å². The lowest BCUT2D eigenvalue weighted by molar-refractivity contribution is 0.103. The number of nitrogens with zero attached hydrogens (tertiary/aromatic N) is 1. The first kappa shape index (κ1) is 15.6. The Labute approximate surface area is 115 Å². The van der Waals surface area contributed by atoms with Crippen molar-refractivity contribution in [3.63, 3.8) is 0 Å². The molecular formula is C14H25N3O2. The molecule has 0 aliphatic carbocycles. The van der Waals surface area contributed by atoms with Crippen molar-refractivity contribution in [2.24, 2.45) is 5.92 Å². The highest BCUT2D eigenvalue weighted by molar-refractivity contribution is 5.73. The van der Waals surface area contributed by atoms with Gasteiger partial charge in [0.05, 0.1) is 6.10 Å². The average Bonchev–Trinajstić information content (AvgIpc) is 2.91. The van der Waals surface area contributed by atoms with E-state index >= 15 is 0 Å². The first-order valence-corrected chi connectivity index (χ1v) is 6.97. The highest BCUT2D eigenvalue weighted by atomic mass is 16.3. The van der Waals surface area contributed by atoms with Crippen molar-refractivity contribution in [3.05, 3.63) is 24.5 Å². The van der Waals surface area contributed by atoms with Gasteiger partial charge < -0.3 is 20.3 Å². The quantitative estimate of drug-likeness (QED) is 0.669. The molecule has 1 aromatic heterocycles. The fourth-order valence-corrected chi connectivity index (χ4v) is 2.08. The molecule has 0 bridgehead atoms. The van der Waals surface area contributed by atoms with Gasteiger partial charge in [-0.2, -0.15) is 0 Å². The molecule has 0 aliphatic heterocycles. The van der Waals surface area contributed by atoms with Crippen molar-refractivity contribution in [2.45, 2.75) is 39.3 Å². The van der Waals surface area contributed by atoms with E-state index in [2.05, 4.69) is 24.5 Å². The number of aliphatic hydroxyl groups excluding tert-OH is 1. The van der Waals surface area contributed by atoms with Crippen molar-refractivity contribution in [3.8, 4) is 0 Å². The van der Waals surface area contributed by atoms with Gasteiger partial charge in [-0.25, -0.2) is 4.79 Å². The molecule has 1 rings (SSSR count). The third kappa shape index (κ3) is 5.79. The molecule has 1 heterocycles. The van der Waals surface area contributed by atoms with Crippen LogP contribution in [0.4, 0.5) is 4.79 Å². The van der Waals surface area contributed by atoms with Crippen molar-refractivity contribution in [1.29, 1.82) is 0 Å². The number of carbonyl (C=O) groups is 1. The maximum atomic E-state index is 11.5. The molecule has 0 radical (unpaired) electrons. The molecule has 1 atom stereocenters. The van der Waals surface area contributed by atoms with E-state index in [4.69, 9.17) is 0 Å². The average molecular weight is 267 g/mol. The SMILES string of the molecule is CCC(CC)C(O)CNC(=O)NCCn1cccc1. The molecule has 5 nitrogen and oxygen atoms in total. The standard InChI is InChI=1S/C14H25N3O2/c1-3-12(4-2)13(18)11-16-14(19)15-7-10-17-8-5-6-9-17/h5-6,8-9,12-13,18H,3-4,7,10-11H2,1-2H3,(H2,15,16,19). The highest BCUT2D eigenvalue weighted by Crippen LogP contribution is 2.11. The van der Waals surface area contributed by atoms with Crippen LogP contribution in [-0.4, -0.2) is 34.9 Å². The number of rotatable bonds is 8. The zero-order chi connectivity index (χ0) is 14.1. The van der Waals surface area contributed by atoms with E-state index in [-0.39, 0.29) is 11.9 Å². The topological polar surface area (TPSA) is 66.3 Å². The Kier molecular flexibility index (Phi) is 7.03. The fraction of sp³-hybridized carbons (Fsp3) is 0.643. The maximum Gasteiger partial charge on any atom is 0.314 e. The van der Waals surface area contributed by atoms with Crippen LogP contribution in [-0.2, 0) is 6.54 Å². The van der Waals surface area contributed by atoms with Gasteiger partial charge in [-0.05, 0) is 18.1 Å². The van der Waals surface area contributed by atoms with Gasteiger partial charge in [0.15, 0.2) is 0 Å². The van der Waals surface area contributed by atoms with Crippen molar-refractivity contribution >= 4 is 6.03 Å². The number of hydrogen-bond donors (Lipinski definition) is 3. The molecule has 0 fully saturated rings. The normalized spacial score (nSPS) is 12.4. The number of carbonyl (C=O) groups excluding carboxylic acids is 1. The summed E-state index contributed by atoms with van der Waals surface area (Å²) in [5.41, 5.74) is 0. The number of hydrogen-bond acceptors (Lipinski definition) is 2. The molecule has 0 saturated carbocycles. The summed E-state index contributed by atoms with van der Waals surface area (Å²) in [6, 6.07) is 3.68. The summed E-state index contributed by atoms with van der Waals surface area (Å²) >= 11 is 0. The Morgan fingerprint density at radius 2 is 1.84 bits per heavy atom. The first-order chi connectivity index (χ1) is 9.17. The molecule has 2 amide bonds. The molecule has 108 valence electrons. The molecule has 3 N–H and O–H groups in total. The molecule has 0 spiro atoms. The van der Waals surface area contributed by atoms with E-state index in [9.17, 15) is 9.90 Å². The van der Waals surface area contributed by atoms with E-state index in [1.54, 1.807) is 0 Å². The number of urea groups is 1. The first-order valence-electron chi connectivity index (χ1n) is 6.97. The Morgan fingerprint density at radius 1 is 1.21 bits per heavy atom. The Bertz CT molecular complexity index is 348. The predicted molar refractivity (Wildman–Crippen MR) is 75.9 cm³/mol. The van der Waals surface area contributed by atoms with Crippen LogP contribution < -0.4 is 10.6 Å². The second-order valence-electron chi connectivity index (χ2n) is 4.70. The second kappa shape index (κ2) is 8.58. The summed E-state index contributed by atoms with van der Waals surface area (Å²) < 4.78 is 2.00. The Hall–Kier alpha value is -1.49. The second-order valence-corrected chi connectivity index (χ2v) is 4.70. The van der Waals surface area contributed by atoms with Gasteiger partial charge in [0.2, 0.25) is 0 Å². The lowest BCUT2D eigenvalue weighted by Crippen LogP contribution is -2.42. The number of aromatic nitrogens is 1. The van der Waals surface area contributed by atoms with Gasteiger partial charge in [-0.3, -0.25) is 0 Å². The molecule has 0 aliphatic rings. The summed E-state index contributed by atoms with van der Waals surface area (Å²) in [6.07, 6.45) is 5.29. The van der Waals surface area contributed by atoms with Gasteiger partial charge in [0.25, 0.3) is 0 Å². The smallest absolute Gasteiger partial charge is 0.314 e. The van der Waals surface area contributed by atoms with E-state index in [0.717, 1.165) is 19.4 Å². The number of amides is 2. The fourth-order valence-electron chi connectivity index (χ4n) is 2.08. The monoisotopic (exact) mass is 267 g/mol. The summed E-state index contributed by atoms with van der Waals surface area (Å²) in [5, 5.41) is 15.4. The van der Waals surface area contributed by atoms with E-state index in [1.807, 2.05) is 29.1 Å². The minimum absolute atomic E-state index is 0.225. The van der Waals surface area contributed by atoms with Gasteiger partial charge in [-0.15, -0.1) is 0 Å². The van der Waals surface area contributed by atoms with Crippen LogP contribution in [0, 0.1) is 5.92 Å². The molecular weight excluding hydrogens is 242 g/mol. The van der Waals surface area contributed by atoms with Crippen LogP contribution in [0.25, 0.3) is 0 Å². The van der Waals surface area contributed by atoms with E-state index < -0.39 is 6.10 Å². The van der Waals surface area contributed by atoms with Gasteiger partial charge in [0, 0.05) is 32.0 Å². The zero-order valence-electron chi connectivity index (χ0n) is 11.8. The minimum atomic E-state index is -0.467. The summed E-state index contributed by atoms with van der Waals surface area (Å²) in [4.78, 5) is 11.5. The number of aliphatic hydroxyl groups is 1. The zero-order valence-corrected chi connectivity index (χ0v) is 11.8. The summed E-state index contributed by atoms with van der Waals surface area (Å²) in [6.45, 7) is 5.72. The maximum absolute atomic E-state index is 11.5. The van der Waals surface area contributed by atoms with Crippen LogP contribution in [0.1, 0.15) is 26.7 Å². The summed E-state index contributed by atoms with van der Waals surface area (Å²) in [7, 11) is 0. The molecule has 0 aromatic carbocycles. The van der Waals surface area contributed by atoms with Crippen molar-refractivity contribution < 1.29 is 9.90 Å². The third-order valence-corrected chi connectivity index (χ3v) is 3.39. The lowest BCUT2D eigenvalue weighted by atomic mass is 9.97. The van der Waals surface area contributed by atoms with E-state index in [1.165, 1.54) is 0 Å². The Balaban J connectivity index is 2.13. The van der Waals surface area contributed by atoms with Gasteiger partial charge in [0.1, 0.15) is 0 Å². The molecule has 0 saturated heterocycles. The highest BCUT2D eigenvalue weighted by Gasteiger charge is 2.15. The van der Waals surface area contributed by atoms with Gasteiger partial charge in [-0.1, -0.05) is 26.7 Å². The van der Waals surface area contributed by atoms with Gasteiger partial charge >= 0.3 is 6.03 Å². The lowest BCUT2D eigenvalue weighted by Gasteiger charge is -2.20. The van der Waals surface area contributed by atoms with Crippen LogP contribution in [0.3, 0.4) is 0 Å². The largest absolute Gasteiger partial charge is 0.391 e. The van der Waals surface area contributed by atoms with Crippen LogP contribution in [0.15, 0.2) is 24.5 Å². The van der Waals surface area contributed by atoms with Crippen LogP contribution in [0.5, 0.6) is 0 Å².